The molecule has 0 fully saturated rings. The Bertz CT molecular complexity index is 520. The molecule has 6 heteroatoms. The lowest BCUT2D eigenvalue weighted by Crippen LogP contribution is -2.36. The molecule has 0 spiro atoms. The number of methoxy groups -OCH3 is 1. The molecule has 0 saturated carbocycles. The molecule has 21 heavy (non-hydrogen) atoms. The highest BCUT2D eigenvalue weighted by atomic mass is 79.9. The van der Waals surface area contributed by atoms with Gasteiger partial charge < -0.3 is 9.64 Å². The van der Waals surface area contributed by atoms with Crippen molar-refractivity contribution in [3.8, 4) is 0 Å². The van der Waals surface area contributed by atoms with Crippen LogP contribution in [0.4, 0.5) is 4.39 Å². The highest BCUT2D eigenvalue weighted by Crippen LogP contribution is 2.18. The zero-order valence-corrected chi connectivity index (χ0v) is 13.9. The van der Waals surface area contributed by atoms with Crippen molar-refractivity contribution < 1.29 is 18.7 Å². The van der Waals surface area contributed by atoms with Gasteiger partial charge in [-0.1, -0.05) is 13.8 Å². The van der Waals surface area contributed by atoms with E-state index in [1.165, 1.54) is 19.2 Å². The minimum absolute atomic E-state index is 0.119. The Hall–Kier alpha value is -1.43. The number of carbonyl (C=O) groups is 2. The Morgan fingerprint density at radius 1 is 1.38 bits per heavy atom. The third-order valence-electron chi connectivity index (χ3n) is 2.85. The number of rotatable bonds is 6. The summed E-state index contributed by atoms with van der Waals surface area (Å²) in [7, 11) is 1.31. The summed E-state index contributed by atoms with van der Waals surface area (Å²) in [6.45, 7) is 4.69. The standard InChI is InChI=1S/C15H19BrFNO3/c1-10(2)9-18(7-6-14(19)21-3)15(20)11-4-5-12(16)13(17)8-11/h4-5,8,10H,6-7,9H2,1-3H3. The van der Waals surface area contributed by atoms with Crippen LogP contribution in [0.1, 0.15) is 30.6 Å². The van der Waals surface area contributed by atoms with Crippen LogP contribution in [0.15, 0.2) is 22.7 Å². The fraction of sp³-hybridized carbons (Fsp3) is 0.467. The molecule has 0 atom stereocenters. The predicted octanol–water partition coefficient (Wildman–Crippen LogP) is 3.25. The van der Waals surface area contributed by atoms with Gasteiger partial charge in [-0.15, -0.1) is 0 Å². The van der Waals surface area contributed by atoms with Crippen LogP contribution in [0.3, 0.4) is 0 Å². The fourth-order valence-corrected chi connectivity index (χ4v) is 2.10. The highest BCUT2D eigenvalue weighted by molar-refractivity contribution is 9.10. The Labute approximate surface area is 132 Å². The van der Waals surface area contributed by atoms with Gasteiger partial charge in [-0.3, -0.25) is 9.59 Å². The Morgan fingerprint density at radius 3 is 2.57 bits per heavy atom. The second-order valence-electron chi connectivity index (χ2n) is 5.10. The van der Waals surface area contributed by atoms with Gasteiger partial charge >= 0.3 is 5.97 Å². The lowest BCUT2D eigenvalue weighted by Gasteiger charge is -2.24. The first kappa shape index (κ1) is 17.6. The summed E-state index contributed by atoms with van der Waals surface area (Å²) in [5.74, 6) is -0.914. The number of hydrogen-bond acceptors (Lipinski definition) is 3. The van der Waals surface area contributed by atoms with Crippen LogP contribution < -0.4 is 0 Å². The van der Waals surface area contributed by atoms with Crippen molar-refractivity contribution in [3.63, 3.8) is 0 Å². The van der Waals surface area contributed by atoms with Crippen molar-refractivity contribution in [1.82, 2.24) is 4.90 Å². The van der Waals surface area contributed by atoms with E-state index in [1.807, 2.05) is 13.8 Å². The van der Waals surface area contributed by atoms with Crippen molar-refractivity contribution in [3.05, 3.63) is 34.1 Å². The molecule has 0 heterocycles. The summed E-state index contributed by atoms with van der Waals surface area (Å²) < 4.78 is 18.4. The zero-order valence-electron chi connectivity index (χ0n) is 12.4. The number of amides is 1. The molecular weight excluding hydrogens is 341 g/mol. The van der Waals surface area contributed by atoms with E-state index in [0.29, 0.717) is 11.0 Å². The number of hydrogen-bond donors (Lipinski definition) is 0. The lowest BCUT2D eigenvalue weighted by atomic mass is 10.1. The van der Waals surface area contributed by atoms with Gasteiger partial charge in [0.2, 0.25) is 0 Å². The van der Waals surface area contributed by atoms with E-state index < -0.39 is 5.82 Å². The van der Waals surface area contributed by atoms with Crippen molar-refractivity contribution in [2.75, 3.05) is 20.2 Å². The molecule has 0 radical (unpaired) electrons. The van der Waals surface area contributed by atoms with E-state index in [-0.39, 0.29) is 36.3 Å². The molecule has 1 aromatic carbocycles. The number of carbonyl (C=O) groups excluding carboxylic acids is 2. The highest BCUT2D eigenvalue weighted by Gasteiger charge is 2.19. The minimum Gasteiger partial charge on any atom is -0.469 e. The normalized spacial score (nSPS) is 10.6. The van der Waals surface area contributed by atoms with Gasteiger partial charge in [0.1, 0.15) is 5.82 Å². The predicted molar refractivity (Wildman–Crippen MR) is 81.5 cm³/mol. The van der Waals surface area contributed by atoms with E-state index in [4.69, 9.17) is 0 Å². The van der Waals surface area contributed by atoms with Crippen molar-refractivity contribution in [1.29, 1.82) is 0 Å². The van der Waals surface area contributed by atoms with Crippen molar-refractivity contribution in [2.45, 2.75) is 20.3 Å². The first-order valence-electron chi connectivity index (χ1n) is 6.66. The quantitative estimate of drug-likeness (QED) is 0.732. The van der Waals surface area contributed by atoms with E-state index >= 15 is 0 Å². The average molecular weight is 360 g/mol. The van der Waals surface area contributed by atoms with Gasteiger partial charge in [0, 0.05) is 18.7 Å². The molecule has 116 valence electrons. The smallest absolute Gasteiger partial charge is 0.307 e. The average Bonchev–Trinajstić information content (AvgIpc) is 2.44. The summed E-state index contributed by atoms with van der Waals surface area (Å²) in [5.41, 5.74) is 0.265. The number of nitrogens with zero attached hydrogens (tertiary/aromatic N) is 1. The Kier molecular flexibility index (Phi) is 6.81. The van der Waals surface area contributed by atoms with Gasteiger partial charge in [0.25, 0.3) is 5.91 Å². The summed E-state index contributed by atoms with van der Waals surface area (Å²) in [6.07, 6.45) is 0.119. The third-order valence-corrected chi connectivity index (χ3v) is 3.50. The van der Waals surface area contributed by atoms with Crippen molar-refractivity contribution in [2.24, 2.45) is 5.92 Å². The van der Waals surface area contributed by atoms with Crippen LogP contribution in [-0.2, 0) is 9.53 Å². The molecule has 1 aromatic rings. The Balaban J connectivity index is 2.87. The van der Waals surface area contributed by atoms with Gasteiger partial charge in [-0.25, -0.2) is 4.39 Å². The fourth-order valence-electron chi connectivity index (χ4n) is 1.86. The van der Waals surface area contributed by atoms with Crippen LogP contribution in [0, 0.1) is 11.7 Å². The molecule has 4 nitrogen and oxygen atoms in total. The van der Waals surface area contributed by atoms with E-state index in [9.17, 15) is 14.0 Å². The molecule has 0 aliphatic carbocycles. The molecule has 1 rings (SSSR count). The van der Waals surface area contributed by atoms with Crippen LogP contribution in [0.25, 0.3) is 0 Å². The van der Waals surface area contributed by atoms with Crippen LogP contribution >= 0.6 is 15.9 Å². The van der Waals surface area contributed by atoms with Gasteiger partial charge in [0.15, 0.2) is 0 Å². The minimum atomic E-state index is -0.488. The Morgan fingerprint density at radius 2 is 2.05 bits per heavy atom. The largest absolute Gasteiger partial charge is 0.469 e. The second-order valence-corrected chi connectivity index (χ2v) is 5.95. The van der Waals surface area contributed by atoms with E-state index in [1.54, 1.807) is 11.0 Å². The van der Waals surface area contributed by atoms with Crippen LogP contribution in [0.2, 0.25) is 0 Å². The number of ether oxygens (including phenoxy) is 1. The van der Waals surface area contributed by atoms with Crippen molar-refractivity contribution >= 4 is 27.8 Å². The second kappa shape index (κ2) is 8.12. The third kappa shape index (κ3) is 5.46. The number of esters is 1. The molecular formula is C15H19BrFNO3. The SMILES string of the molecule is COC(=O)CCN(CC(C)C)C(=O)c1ccc(Br)c(F)c1. The molecule has 0 aliphatic rings. The summed E-state index contributed by atoms with van der Waals surface area (Å²) in [5, 5.41) is 0. The van der Waals surface area contributed by atoms with Gasteiger partial charge in [-0.2, -0.15) is 0 Å². The number of halogens is 2. The zero-order chi connectivity index (χ0) is 16.0. The van der Waals surface area contributed by atoms with Gasteiger partial charge in [-0.05, 0) is 40.0 Å². The molecule has 0 aromatic heterocycles. The maximum absolute atomic E-state index is 13.5. The summed E-state index contributed by atoms with van der Waals surface area (Å²) in [4.78, 5) is 25.2. The first-order chi connectivity index (χ1) is 9.85. The number of benzene rings is 1. The summed E-state index contributed by atoms with van der Waals surface area (Å²) in [6, 6.07) is 4.25. The van der Waals surface area contributed by atoms with Gasteiger partial charge in [0.05, 0.1) is 18.0 Å². The molecule has 0 N–H and O–H groups in total. The molecule has 0 bridgehead atoms. The first-order valence-corrected chi connectivity index (χ1v) is 7.45. The maximum Gasteiger partial charge on any atom is 0.307 e. The molecule has 1 amide bonds. The monoisotopic (exact) mass is 359 g/mol. The molecule has 0 unspecified atom stereocenters. The van der Waals surface area contributed by atoms with E-state index in [0.717, 1.165) is 0 Å². The van der Waals surface area contributed by atoms with Crippen LogP contribution in [0.5, 0.6) is 0 Å². The lowest BCUT2D eigenvalue weighted by molar-refractivity contribution is -0.140. The van der Waals surface area contributed by atoms with E-state index in [2.05, 4.69) is 20.7 Å². The topological polar surface area (TPSA) is 46.6 Å². The molecule has 0 saturated heterocycles. The van der Waals surface area contributed by atoms with Crippen LogP contribution in [-0.4, -0.2) is 37.0 Å². The molecule has 0 aliphatic heterocycles. The summed E-state index contributed by atoms with van der Waals surface area (Å²) >= 11 is 3.05. The maximum atomic E-state index is 13.5.